The number of rotatable bonds is 6. The lowest BCUT2D eigenvalue weighted by molar-refractivity contribution is -0.122. The average Bonchev–Trinajstić information content (AvgIpc) is 2.76. The summed E-state index contributed by atoms with van der Waals surface area (Å²) in [6.45, 7) is 1.73. The van der Waals surface area contributed by atoms with Crippen molar-refractivity contribution >= 4 is 22.4 Å². The van der Waals surface area contributed by atoms with E-state index < -0.39 is 6.10 Å². The second kappa shape index (κ2) is 8.48. The molecule has 0 aliphatic carbocycles. The molecule has 4 heteroatoms. The molecule has 0 aromatic heterocycles. The van der Waals surface area contributed by atoms with Gasteiger partial charge < -0.3 is 14.8 Å². The monoisotopic (exact) mass is 383 g/mol. The summed E-state index contributed by atoms with van der Waals surface area (Å²) in [5.41, 5.74) is 0.592. The zero-order chi connectivity index (χ0) is 20.1. The van der Waals surface area contributed by atoms with E-state index in [0.29, 0.717) is 22.9 Å². The van der Waals surface area contributed by atoms with Crippen molar-refractivity contribution in [3.8, 4) is 17.2 Å². The van der Waals surface area contributed by atoms with E-state index in [9.17, 15) is 4.79 Å². The first-order valence-electron chi connectivity index (χ1n) is 9.48. The molecule has 0 spiro atoms. The normalized spacial score (nSPS) is 11.6. The van der Waals surface area contributed by atoms with Crippen LogP contribution in [0, 0.1) is 0 Å². The molecule has 0 aliphatic rings. The van der Waals surface area contributed by atoms with Gasteiger partial charge in [0, 0.05) is 5.39 Å². The van der Waals surface area contributed by atoms with Gasteiger partial charge in [-0.1, -0.05) is 66.7 Å². The molecule has 0 heterocycles. The molecule has 1 atom stereocenters. The van der Waals surface area contributed by atoms with E-state index in [4.69, 9.17) is 9.47 Å². The zero-order valence-electron chi connectivity index (χ0n) is 16.0. The van der Waals surface area contributed by atoms with E-state index in [0.717, 1.165) is 10.8 Å². The molecule has 29 heavy (non-hydrogen) atoms. The van der Waals surface area contributed by atoms with Crippen molar-refractivity contribution in [1.82, 2.24) is 0 Å². The van der Waals surface area contributed by atoms with Crippen LogP contribution >= 0.6 is 0 Å². The topological polar surface area (TPSA) is 47.6 Å². The number of carbonyl (C=O) groups excluding carboxylic acids is 1. The standard InChI is InChI=1S/C25H21NO3/c1-18(28-23-17-9-11-19-10-5-6-14-21(19)23)25(27)26-22-15-7-8-16-24(22)29-20-12-3-2-4-13-20/h2-18H,1H3,(H,26,27)/t18-/m0/s1. The molecular formula is C25H21NO3. The first kappa shape index (κ1) is 18.6. The molecule has 0 saturated heterocycles. The first-order chi connectivity index (χ1) is 14.2. The Morgan fingerprint density at radius 2 is 1.41 bits per heavy atom. The van der Waals surface area contributed by atoms with Crippen LogP contribution in [0.4, 0.5) is 5.69 Å². The van der Waals surface area contributed by atoms with Crippen molar-refractivity contribution in [1.29, 1.82) is 0 Å². The Morgan fingerprint density at radius 3 is 2.28 bits per heavy atom. The van der Waals surface area contributed by atoms with E-state index in [-0.39, 0.29) is 5.91 Å². The quantitative estimate of drug-likeness (QED) is 0.442. The lowest BCUT2D eigenvalue weighted by Gasteiger charge is -2.17. The Bertz CT molecular complexity index is 1120. The number of ether oxygens (including phenoxy) is 2. The molecular weight excluding hydrogens is 362 g/mol. The molecule has 4 aromatic carbocycles. The number of amides is 1. The Labute approximate surface area is 169 Å². The van der Waals surface area contributed by atoms with E-state index in [1.165, 1.54) is 0 Å². The Hall–Kier alpha value is -3.79. The van der Waals surface area contributed by atoms with Crippen LogP contribution in [-0.4, -0.2) is 12.0 Å². The fraction of sp³-hybridized carbons (Fsp3) is 0.0800. The fourth-order valence-corrected chi connectivity index (χ4v) is 3.05. The van der Waals surface area contributed by atoms with E-state index in [1.807, 2.05) is 91.0 Å². The predicted octanol–water partition coefficient (Wildman–Crippen LogP) is 6.04. The number of carbonyl (C=O) groups is 1. The van der Waals surface area contributed by atoms with E-state index >= 15 is 0 Å². The van der Waals surface area contributed by atoms with Crippen molar-refractivity contribution in [2.75, 3.05) is 5.32 Å². The molecule has 4 rings (SSSR count). The maximum atomic E-state index is 12.8. The summed E-state index contributed by atoms with van der Waals surface area (Å²) in [4.78, 5) is 12.8. The highest BCUT2D eigenvalue weighted by molar-refractivity contribution is 5.96. The van der Waals surface area contributed by atoms with Gasteiger partial charge in [0.15, 0.2) is 11.9 Å². The molecule has 0 bridgehead atoms. The summed E-state index contributed by atoms with van der Waals surface area (Å²) in [5, 5.41) is 4.95. The van der Waals surface area contributed by atoms with Gasteiger partial charge in [0.05, 0.1) is 5.69 Å². The molecule has 0 aliphatic heterocycles. The van der Waals surface area contributed by atoms with Crippen molar-refractivity contribution in [2.24, 2.45) is 0 Å². The molecule has 0 saturated carbocycles. The maximum Gasteiger partial charge on any atom is 0.265 e. The second-order valence-corrected chi connectivity index (χ2v) is 6.64. The summed E-state index contributed by atoms with van der Waals surface area (Å²) in [5.74, 6) is 1.71. The van der Waals surface area contributed by atoms with E-state index in [1.54, 1.807) is 13.0 Å². The molecule has 4 aromatic rings. The van der Waals surface area contributed by atoms with Crippen LogP contribution < -0.4 is 14.8 Å². The maximum absolute atomic E-state index is 12.8. The van der Waals surface area contributed by atoms with Crippen LogP contribution in [0.2, 0.25) is 0 Å². The minimum atomic E-state index is -0.675. The van der Waals surface area contributed by atoms with Gasteiger partial charge in [-0.15, -0.1) is 0 Å². The number of para-hydroxylation sites is 3. The van der Waals surface area contributed by atoms with Gasteiger partial charge in [-0.25, -0.2) is 0 Å². The average molecular weight is 383 g/mol. The van der Waals surface area contributed by atoms with Gasteiger partial charge in [0.1, 0.15) is 11.5 Å². The molecule has 144 valence electrons. The largest absolute Gasteiger partial charge is 0.480 e. The van der Waals surface area contributed by atoms with Gasteiger partial charge >= 0.3 is 0 Å². The minimum absolute atomic E-state index is 0.248. The summed E-state index contributed by atoms with van der Waals surface area (Å²) in [6, 6.07) is 30.5. The smallest absolute Gasteiger partial charge is 0.265 e. The summed E-state index contributed by atoms with van der Waals surface area (Å²) < 4.78 is 11.9. The number of hydrogen-bond donors (Lipinski definition) is 1. The first-order valence-corrected chi connectivity index (χ1v) is 9.48. The Morgan fingerprint density at radius 1 is 0.759 bits per heavy atom. The van der Waals surface area contributed by atoms with Gasteiger partial charge in [-0.3, -0.25) is 4.79 Å². The highest BCUT2D eigenvalue weighted by Crippen LogP contribution is 2.30. The third kappa shape index (κ3) is 4.38. The van der Waals surface area contributed by atoms with Crippen molar-refractivity contribution in [2.45, 2.75) is 13.0 Å². The third-order valence-electron chi connectivity index (χ3n) is 4.54. The number of fused-ring (bicyclic) bond motifs is 1. The molecule has 0 fully saturated rings. The van der Waals surface area contributed by atoms with Crippen LogP contribution in [-0.2, 0) is 4.79 Å². The molecule has 0 radical (unpaired) electrons. The Kier molecular flexibility index (Phi) is 5.43. The lowest BCUT2D eigenvalue weighted by atomic mass is 10.1. The van der Waals surface area contributed by atoms with Gasteiger partial charge in [0.25, 0.3) is 5.91 Å². The number of anilines is 1. The van der Waals surface area contributed by atoms with Crippen LogP contribution in [0.25, 0.3) is 10.8 Å². The SMILES string of the molecule is C[C@H](Oc1cccc2ccccc12)C(=O)Nc1ccccc1Oc1ccccc1. The van der Waals surface area contributed by atoms with Crippen LogP contribution in [0.15, 0.2) is 97.1 Å². The summed E-state index contributed by atoms with van der Waals surface area (Å²) in [6.07, 6.45) is -0.675. The van der Waals surface area contributed by atoms with Gasteiger partial charge in [-0.05, 0) is 42.6 Å². The molecule has 0 unspecified atom stereocenters. The highest BCUT2D eigenvalue weighted by Gasteiger charge is 2.18. The Balaban J connectivity index is 1.49. The molecule has 1 N–H and O–H groups in total. The van der Waals surface area contributed by atoms with Gasteiger partial charge in [-0.2, -0.15) is 0 Å². The summed E-state index contributed by atoms with van der Waals surface area (Å²) >= 11 is 0. The number of nitrogens with one attached hydrogen (secondary N) is 1. The van der Waals surface area contributed by atoms with Crippen molar-refractivity contribution in [3.63, 3.8) is 0 Å². The van der Waals surface area contributed by atoms with Crippen LogP contribution in [0.3, 0.4) is 0 Å². The van der Waals surface area contributed by atoms with Gasteiger partial charge in [0.2, 0.25) is 0 Å². The molecule has 4 nitrogen and oxygen atoms in total. The second-order valence-electron chi connectivity index (χ2n) is 6.64. The predicted molar refractivity (Wildman–Crippen MR) is 116 cm³/mol. The number of hydrogen-bond acceptors (Lipinski definition) is 3. The van der Waals surface area contributed by atoms with Crippen LogP contribution in [0.5, 0.6) is 17.2 Å². The van der Waals surface area contributed by atoms with Crippen LogP contribution in [0.1, 0.15) is 6.92 Å². The van der Waals surface area contributed by atoms with Crippen molar-refractivity contribution in [3.05, 3.63) is 97.1 Å². The highest BCUT2D eigenvalue weighted by atomic mass is 16.5. The lowest BCUT2D eigenvalue weighted by Crippen LogP contribution is -2.30. The van der Waals surface area contributed by atoms with E-state index in [2.05, 4.69) is 5.32 Å². The van der Waals surface area contributed by atoms with Crippen molar-refractivity contribution < 1.29 is 14.3 Å². The fourth-order valence-electron chi connectivity index (χ4n) is 3.05. The minimum Gasteiger partial charge on any atom is -0.480 e. The third-order valence-corrected chi connectivity index (χ3v) is 4.54. The zero-order valence-corrected chi connectivity index (χ0v) is 16.0. The number of benzene rings is 4. The summed E-state index contributed by atoms with van der Waals surface area (Å²) in [7, 11) is 0. The molecule has 1 amide bonds.